The van der Waals surface area contributed by atoms with Crippen molar-refractivity contribution >= 4 is 33.2 Å². The molecule has 3 aromatic rings. The Kier molecular flexibility index (Phi) is 4.34. The minimum absolute atomic E-state index is 0.0780. The molecule has 5 nitrogen and oxygen atoms in total. The minimum atomic E-state index is -0.388. The van der Waals surface area contributed by atoms with E-state index in [0.29, 0.717) is 11.3 Å². The van der Waals surface area contributed by atoms with Gasteiger partial charge < -0.3 is 10.1 Å². The van der Waals surface area contributed by atoms with E-state index in [1.54, 1.807) is 24.3 Å². The van der Waals surface area contributed by atoms with E-state index in [0.717, 1.165) is 21.6 Å². The number of carbonyl (C=O) groups is 1. The molecule has 1 N–H and O–H groups in total. The first kappa shape index (κ1) is 16.6. The average molecular weight is 410 g/mol. The maximum Gasteiger partial charge on any atom is 0.262 e. The largest absolute Gasteiger partial charge is 0.497 e. The van der Waals surface area contributed by atoms with Crippen molar-refractivity contribution in [2.75, 3.05) is 17.3 Å². The molecule has 1 amide bonds. The van der Waals surface area contributed by atoms with Crippen LogP contribution in [0.2, 0.25) is 0 Å². The van der Waals surface area contributed by atoms with Gasteiger partial charge in [-0.2, -0.15) is 0 Å². The Labute approximate surface area is 159 Å². The number of benzene rings is 2. The molecule has 2 heterocycles. The van der Waals surface area contributed by atoms with E-state index in [1.165, 1.54) is 0 Å². The van der Waals surface area contributed by atoms with Gasteiger partial charge in [-0.1, -0.05) is 22.0 Å². The molecular formula is C20H16BrN3O2. The number of hydrogen-bond acceptors (Lipinski definition) is 4. The standard InChI is InChI=1S/C20H16BrN3O2/c1-26-16-9-7-15(8-10-16)24-19(23-14-5-2-4-13(21)12-14)18-17(20(24)25)6-3-11-22-18/h2-12,19,23H,1H3. The molecule has 6 heteroatoms. The third-order valence-corrected chi connectivity index (χ3v) is 4.78. The first-order valence-electron chi connectivity index (χ1n) is 8.12. The van der Waals surface area contributed by atoms with E-state index < -0.39 is 0 Å². The van der Waals surface area contributed by atoms with Gasteiger partial charge in [0, 0.05) is 22.0 Å². The van der Waals surface area contributed by atoms with Gasteiger partial charge in [-0.3, -0.25) is 14.7 Å². The van der Waals surface area contributed by atoms with Crippen LogP contribution in [0.5, 0.6) is 5.75 Å². The zero-order valence-electron chi connectivity index (χ0n) is 14.0. The SMILES string of the molecule is COc1ccc(N2C(=O)c3cccnc3C2Nc2cccc(Br)c2)cc1. The quantitative estimate of drug-likeness (QED) is 0.682. The first-order chi connectivity index (χ1) is 12.7. The van der Waals surface area contributed by atoms with Gasteiger partial charge >= 0.3 is 0 Å². The highest BCUT2D eigenvalue weighted by Gasteiger charge is 2.38. The number of nitrogens with one attached hydrogen (secondary N) is 1. The van der Waals surface area contributed by atoms with E-state index in [-0.39, 0.29) is 12.1 Å². The van der Waals surface area contributed by atoms with Gasteiger partial charge in [-0.15, -0.1) is 0 Å². The number of nitrogens with zero attached hydrogens (tertiary/aromatic N) is 2. The molecule has 130 valence electrons. The second kappa shape index (κ2) is 6.80. The predicted molar refractivity (Wildman–Crippen MR) is 105 cm³/mol. The van der Waals surface area contributed by atoms with Crippen LogP contribution in [0, 0.1) is 0 Å². The van der Waals surface area contributed by atoms with Crippen LogP contribution in [0.25, 0.3) is 0 Å². The Morgan fingerprint density at radius 3 is 2.65 bits per heavy atom. The molecule has 0 saturated carbocycles. The minimum Gasteiger partial charge on any atom is -0.497 e. The Bertz CT molecular complexity index is 959. The van der Waals surface area contributed by atoms with Gasteiger partial charge in [0.2, 0.25) is 0 Å². The normalized spacial score (nSPS) is 15.7. The van der Waals surface area contributed by atoms with Crippen molar-refractivity contribution in [2.45, 2.75) is 6.17 Å². The van der Waals surface area contributed by atoms with Crippen LogP contribution < -0.4 is 15.0 Å². The van der Waals surface area contributed by atoms with Gasteiger partial charge in [0.25, 0.3) is 5.91 Å². The summed E-state index contributed by atoms with van der Waals surface area (Å²) in [5.41, 5.74) is 3.00. The maximum absolute atomic E-state index is 13.0. The number of carbonyl (C=O) groups excluding carboxylic acids is 1. The summed E-state index contributed by atoms with van der Waals surface area (Å²) in [6.45, 7) is 0. The third kappa shape index (κ3) is 2.93. The van der Waals surface area contributed by atoms with Gasteiger partial charge in [0.05, 0.1) is 18.4 Å². The van der Waals surface area contributed by atoms with E-state index in [4.69, 9.17) is 4.74 Å². The fraction of sp³-hybridized carbons (Fsp3) is 0.100. The maximum atomic E-state index is 13.0. The molecule has 0 radical (unpaired) electrons. The number of fused-ring (bicyclic) bond motifs is 1. The molecule has 1 aliphatic heterocycles. The highest BCUT2D eigenvalue weighted by molar-refractivity contribution is 9.10. The zero-order valence-corrected chi connectivity index (χ0v) is 15.6. The van der Waals surface area contributed by atoms with Gasteiger partial charge in [0.1, 0.15) is 5.75 Å². The van der Waals surface area contributed by atoms with E-state index in [1.807, 2.05) is 54.6 Å². The van der Waals surface area contributed by atoms with Crippen molar-refractivity contribution in [3.63, 3.8) is 0 Å². The number of hydrogen-bond donors (Lipinski definition) is 1. The molecule has 4 rings (SSSR count). The van der Waals surface area contributed by atoms with Crippen molar-refractivity contribution in [1.29, 1.82) is 0 Å². The Balaban J connectivity index is 1.76. The smallest absolute Gasteiger partial charge is 0.262 e. The van der Waals surface area contributed by atoms with Crippen LogP contribution in [-0.2, 0) is 0 Å². The van der Waals surface area contributed by atoms with Crippen LogP contribution in [0.1, 0.15) is 22.2 Å². The van der Waals surface area contributed by atoms with Gasteiger partial charge in [0.15, 0.2) is 6.17 Å². The van der Waals surface area contributed by atoms with Crippen molar-refractivity contribution in [2.24, 2.45) is 0 Å². The molecule has 1 unspecified atom stereocenters. The van der Waals surface area contributed by atoms with Crippen LogP contribution in [0.4, 0.5) is 11.4 Å². The Morgan fingerprint density at radius 2 is 1.92 bits per heavy atom. The number of pyridine rings is 1. The van der Waals surface area contributed by atoms with Crippen LogP contribution in [0.15, 0.2) is 71.3 Å². The van der Waals surface area contributed by atoms with Crippen molar-refractivity contribution < 1.29 is 9.53 Å². The lowest BCUT2D eigenvalue weighted by Crippen LogP contribution is -2.32. The summed E-state index contributed by atoms with van der Waals surface area (Å²) >= 11 is 3.48. The second-order valence-corrected chi connectivity index (χ2v) is 6.78. The molecule has 0 saturated heterocycles. The van der Waals surface area contributed by atoms with Gasteiger partial charge in [-0.05, 0) is 54.6 Å². The molecule has 26 heavy (non-hydrogen) atoms. The second-order valence-electron chi connectivity index (χ2n) is 5.87. The molecule has 1 atom stereocenters. The number of methoxy groups -OCH3 is 1. The molecule has 0 bridgehead atoms. The lowest BCUT2D eigenvalue weighted by atomic mass is 10.2. The number of halogens is 1. The van der Waals surface area contributed by atoms with E-state index in [9.17, 15) is 4.79 Å². The Morgan fingerprint density at radius 1 is 1.12 bits per heavy atom. The number of ether oxygens (including phenoxy) is 1. The van der Waals surface area contributed by atoms with Crippen molar-refractivity contribution in [3.05, 3.63) is 82.6 Å². The first-order valence-corrected chi connectivity index (χ1v) is 8.91. The number of rotatable bonds is 4. The number of amides is 1. The molecule has 0 aliphatic carbocycles. The molecule has 2 aromatic carbocycles. The fourth-order valence-electron chi connectivity index (χ4n) is 3.06. The molecule has 0 spiro atoms. The summed E-state index contributed by atoms with van der Waals surface area (Å²) in [6.07, 6.45) is 1.32. The summed E-state index contributed by atoms with van der Waals surface area (Å²) in [6, 6.07) is 18.9. The molecule has 1 aliphatic rings. The lowest BCUT2D eigenvalue weighted by Gasteiger charge is -2.26. The summed E-state index contributed by atoms with van der Waals surface area (Å²) in [7, 11) is 1.62. The topological polar surface area (TPSA) is 54.5 Å². The van der Waals surface area contributed by atoms with Crippen LogP contribution in [0.3, 0.4) is 0 Å². The van der Waals surface area contributed by atoms with Crippen molar-refractivity contribution in [1.82, 2.24) is 4.98 Å². The predicted octanol–water partition coefficient (Wildman–Crippen LogP) is 4.62. The average Bonchev–Trinajstić information content (AvgIpc) is 2.94. The van der Waals surface area contributed by atoms with E-state index in [2.05, 4.69) is 26.2 Å². The number of anilines is 2. The highest BCUT2D eigenvalue weighted by Crippen LogP contribution is 2.37. The Hall–Kier alpha value is -2.86. The molecule has 0 fully saturated rings. The molecular weight excluding hydrogens is 394 g/mol. The fourth-order valence-corrected chi connectivity index (χ4v) is 3.46. The van der Waals surface area contributed by atoms with Crippen LogP contribution >= 0.6 is 15.9 Å². The highest BCUT2D eigenvalue weighted by atomic mass is 79.9. The van der Waals surface area contributed by atoms with Crippen molar-refractivity contribution in [3.8, 4) is 5.75 Å². The third-order valence-electron chi connectivity index (χ3n) is 4.28. The van der Waals surface area contributed by atoms with E-state index >= 15 is 0 Å². The summed E-state index contributed by atoms with van der Waals surface area (Å²) < 4.78 is 6.18. The summed E-state index contributed by atoms with van der Waals surface area (Å²) in [5, 5.41) is 3.43. The number of aromatic nitrogens is 1. The molecule has 1 aromatic heterocycles. The zero-order chi connectivity index (χ0) is 18.1. The summed E-state index contributed by atoms with van der Waals surface area (Å²) in [5.74, 6) is 0.665. The van der Waals surface area contributed by atoms with Crippen LogP contribution in [-0.4, -0.2) is 18.0 Å². The van der Waals surface area contributed by atoms with Gasteiger partial charge in [-0.25, -0.2) is 0 Å². The summed E-state index contributed by atoms with van der Waals surface area (Å²) in [4.78, 5) is 19.2. The monoisotopic (exact) mass is 409 g/mol. The lowest BCUT2D eigenvalue weighted by molar-refractivity contribution is 0.0993.